The predicted molar refractivity (Wildman–Crippen MR) is 105 cm³/mol. The third-order valence-corrected chi connectivity index (χ3v) is 5.15. The zero-order valence-electron chi connectivity index (χ0n) is 16.5. The van der Waals surface area contributed by atoms with Crippen LogP contribution in [0.5, 0.6) is 0 Å². The van der Waals surface area contributed by atoms with Crippen LogP contribution in [0.1, 0.15) is 66.4 Å². The van der Waals surface area contributed by atoms with Crippen molar-refractivity contribution in [1.82, 2.24) is 24.4 Å². The van der Waals surface area contributed by atoms with E-state index >= 15 is 0 Å². The Balaban J connectivity index is 1.56. The number of aromatic nitrogens is 4. The lowest BCUT2D eigenvalue weighted by molar-refractivity contribution is 0.0700. The van der Waals surface area contributed by atoms with Crippen LogP contribution < -0.4 is 0 Å². The van der Waals surface area contributed by atoms with Gasteiger partial charge in [-0.2, -0.15) is 0 Å². The van der Waals surface area contributed by atoms with Crippen molar-refractivity contribution in [2.75, 3.05) is 13.1 Å². The second-order valence-electron chi connectivity index (χ2n) is 7.57. The Kier molecular flexibility index (Phi) is 4.98. The number of pyridine rings is 1. The fourth-order valence-corrected chi connectivity index (χ4v) is 3.76. The molecule has 0 spiro atoms. The molecule has 146 valence electrons. The van der Waals surface area contributed by atoms with E-state index in [0.717, 1.165) is 36.7 Å². The van der Waals surface area contributed by atoms with E-state index < -0.39 is 0 Å². The van der Waals surface area contributed by atoms with Crippen LogP contribution in [-0.4, -0.2) is 43.4 Å². The molecule has 0 aliphatic carbocycles. The second kappa shape index (κ2) is 7.58. The number of hydrogen-bond acceptors (Lipinski definition) is 5. The lowest BCUT2D eigenvalue weighted by Crippen LogP contribution is -2.39. The van der Waals surface area contributed by atoms with Crippen molar-refractivity contribution < 1.29 is 9.21 Å². The highest BCUT2D eigenvalue weighted by Gasteiger charge is 2.28. The lowest BCUT2D eigenvalue weighted by Gasteiger charge is -2.32. The molecule has 0 N–H and O–H groups in total. The van der Waals surface area contributed by atoms with Crippen LogP contribution in [0.25, 0.3) is 5.82 Å². The van der Waals surface area contributed by atoms with Crippen LogP contribution in [-0.2, 0) is 0 Å². The molecule has 1 aliphatic heterocycles. The number of aryl methyl sites for hydroxylation is 1. The number of carbonyl (C=O) groups excluding carboxylic acids is 1. The van der Waals surface area contributed by atoms with Crippen molar-refractivity contribution >= 4 is 5.91 Å². The Hall–Kier alpha value is -2.96. The summed E-state index contributed by atoms with van der Waals surface area (Å²) in [4.78, 5) is 28.1. The van der Waals surface area contributed by atoms with E-state index in [4.69, 9.17) is 9.40 Å². The first-order valence-electron chi connectivity index (χ1n) is 9.75. The van der Waals surface area contributed by atoms with E-state index in [9.17, 15) is 4.79 Å². The van der Waals surface area contributed by atoms with Crippen molar-refractivity contribution in [3.05, 3.63) is 60.0 Å². The van der Waals surface area contributed by atoms with E-state index in [1.54, 1.807) is 6.92 Å². The number of imidazole rings is 1. The van der Waals surface area contributed by atoms with Gasteiger partial charge in [-0.1, -0.05) is 19.9 Å². The van der Waals surface area contributed by atoms with Gasteiger partial charge >= 0.3 is 0 Å². The van der Waals surface area contributed by atoms with Gasteiger partial charge in [0.2, 0.25) is 0 Å². The molecule has 1 atom stereocenters. The first-order chi connectivity index (χ1) is 13.5. The summed E-state index contributed by atoms with van der Waals surface area (Å²) >= 11 is 0. The summed E-state index contributed by atoms with van der Waals surface area (Å²) in [7, 11) is 0. The molecule has 0 saturated carbocycles. The monoisotopic (exact) mass is 379 g/mol. The number of rotatable bonds is 4. The van der Waals surface area contributed by atoms with E-state index in [1.807, 2.05) is 40.1 Å². The highest BCUT2D eigenvalue weighted by Crippen LogP contribution is 2.27. The summed E-state index contributed by atoms with van der Waals surface area (Å²) in [5.41, 5.74) is 1.38. The molecule has 1 unspecified atom stereocenters. The van der Waals surface area contributed by atoms with Crippen molar-refractivity contribution in [2.45, 2.75) is 45.4 Å². The summed E-state index contributed by atoms with van der Waals surface area (Å²) < 4.78 is 7.24. The van der Waals surface area contributed by atoms with E-state index in [1.165, 1.54) is 6.26 Å². The van der Waals surface area contributed by atoms with Crippen molar-refractivity contribution in [3.63, 3.8) is 0 Å². The third-order valence-electron chi connectivity index (χ3n) is 5.15. The molecule has 1 fully saturated rings. The highest BCUT2D eigenvalue weighted by atomic mass is 16.3. The second-order valence-corrected chi connectivity index (χ2v) is 7.57. The molecular weight excluding hydrogens is 354 g/mol. The normalized spacial score (nSPS) is 17.3. The average molecular weight is 379 g/mol. The standard InChI is InChI=1S/C21H25N5O2/c1-14(2)20-22-9-11-26(20)19-8-4-7-17(24-19)16-6-5-10-25(12-16)21(27)18-13-28-15(3)23-18/h4,7-9,11,13-14,16H,5-6,10,12H2,1-3H3. The summed E-state index contributed by atoms with van der Waals surface area (Å²) in [6, 6.07) is 6.08. The number of piperidine rings is 1. The summed E-state index contributed by atoms with van der Waals surface area (Å²) in [6.45, 7) is 7.37. The van der Waals surface area contributed by atoms with Crippen LogP contribution in [0.2, 0.25) is 0 Å². The molecule has 1 saturated heterocycles. The summed E-state index contributed by atoms with van der Waals surface area (Å²) in [5.74, 6) is 2.81. The number of carbonyl (C=O) groups is 1. The Morgan fingerprint density at radius 3 is 2.89 bits per heavy atom. The number of hydrogen-bond donors (Lipinski definition) is 0. The third kappa shape index (κ3) is 3.56. The predicted octanol–water partition coefficient (Wildman–Crippen LogP) is 3.71. The zero-order chi connectivity index (χ0) is 19.7. The Morgan fingerprint density at radius 1 is 1.29 bits per heavy atom. The van der Waals surface area contributed by atoms with Gasteiger partial charge in [0, 0.05) is 49.9 Å². The van der Waals surface area contributed by atoms with Gasteiger partial charge in [-0.15, -0.1) is 0 Å². The highest BCUT2D eigenvalue weighted by molar-refractivity contribution is 5.92. The minimum atomic E-state index is -0.0746. The summed E-state index contributed by atoms with van der Waals surface area (Å²) in [6.07, 6.45) is 7.16. The van der Waals surface area contributed by atoms with Crippen LogP contribution in [0, 0.1) is 6.92 Å². The van der Waals surface area contributed by atoms with Gasteiger partial charge in [0.1, 0.15) is 17.9 Å². The molecule has 4 heterocycles. The van der Waals surface area contributed by atoms with Gasteiger partial charge in [0.25, 0.3) is 5.91 Å². The topological polar surface area (TPSA) is 77.1 Å². The molecule has 3 aromatic heterocycles. The molecular formula is C21H25N5O2. The largest absolute Gasteiger partial charge is 0.448 e. The fraction of sp³-hybridized carbons (Fsp3) is 0.429. The van der Waals surface area contributed by atoms with Crippen LogP contribution >= 0.6 is 0 Å². The quantitative estimate of drug-likeness (QED) is 0.691. The summed E-state index contributed by atoms with van der Waals surface area (Å²) in [5, 5.41) is 0. The Bertz CT molecular complexity index is 975. The molecule has 28 heavy (non-hydrogen) atoms. The van der Waals surface area contributed by atoms with E-state index in [2.05, 4.69) is 23.8 Å². The van der Waals surface area contributed by atoms with Crippen LogP contribution in [0.4, 0.5) is 0 Å². The molecule has 0 bridgehead atoms. The van der Waals surface area contributed by atoms with Crippen LogP contribution in [0.3, 0.4) is 0 Å². The van der Waals surface area contributed by atoms with Crippen molar-refractivity contribution in [2.24, 2.45) is 0 Å². The van der Waals surface area contributed by atoms with Gasteiger partial charge in [-0.05, 0) is 25.0 Å². The maximum atomic E-state index is 12.7. The Labute approximate surface area is 164 Å². The number of likely N-dealkylation sites (tertiary alicyclic amines) is 1. The minimum Gasteiger partial charge on any atom is -0.448 e. The van der Waals surface area contributed by atoms with E-state index in [0.29, 0.717) is 24.0 Å². The molecule has 4 rings (SSSR count). The molecule has 1 aliphatic rings. The van der Waals surface area contributed by atoms with Gasteiger partial charge < -0.3 is 9.32 Å². The number of oxazole rings is 1. The van der Waals surface area contributed by atoms with Gasteiger partial charge in [-0.3, -0.25) is 9.36 Å². The molecule has 7 heteroatoms. The Morgan fingerprint density at radius 2 is 2.14 bits per heavy atom. The van der Waals surface area contributed by atoms with Crippen LogP contribution in [0.15, 0.2) is 41.3 Å². The average Bonchev–Trinajstić information content (AvgIpc) is 3.37. The molecule has 0 aromatic carbocycles. The van der Waals surface area contributed by atoms with Crippen molar-refractivity contribution in [1.29, 1.82) is 0 Å². The first kappa shape index (κ1) is 18.4. The van der Waals surface area contributed by atoms with E-state index in [-0.39, 0.29) is 11.8 Å². The van der Waals surface area contributed by atoms with Gasteiger partial charge in [-0.25, -0.2) is 15.0 Å². The minimum absolute atomic E-state index is 0.0746. The maximum absolute atomic E-state index is 12.7. The molecule has 7 nitrogen and oxygen atoms in total. The zero-order valence-corrected chi connectivity index (χ0v) is 16.5. The number of nitrogens with zero attached hydrogens (tertiary/aromatic N) is 5. The molecule has 3 aromatic rings. The fourth-order valence-electron chi connectivity index (χ4n) is 3.76. The molecule has 0 radical (unpaired) electrons. The van der Waals surface area contributed by atoms with Crippen molar-refractivity contribution in [3.8, 4) is 5.82 Å². The lowest BCUT2D eigenvalue weighted by atomic mass is 9.94. The smallest absolute Gasteiger partial charge is 0.275 e. The van der Waals surface area contributed by atoms with Gasteiger partial charge in [0.15, 0.2) is 11.6 Å². The first-order valence-corrected chi connectivity index (χ1v) is 9.75. The SMILES string of the molecule is Cc1nc(C(=O)N2CCCC(c3cccc(-n4ccnc4C(C)C)n3)C2)co1. The van der Waals surface area contributed by atoms with Gasteiger partial charge in [0.05, 0.1) is 0 Å². The maximum Gasteiger partial charge on any atom is 0.275 e. The molecule has 1 amide bonds. The number of amides is 1.